The second-order valence-electron chi connectivity index (χ2n) is 3.07. The minimum atomic E-state index is -3.83. The Morgan fingerprint density at radius 2 is 2.06 bits per heavy atom. The van der Waals surface area contributed by atoms with Crippen molar-refractivity contribution in [3.05, 3.63) is 30.1 Å². The number of terminal acetylenes is 1. The quantitative estimate of drug-likeness (QED) is 0.749. The third-order valence-electron chi connectivity index (χ3n) is 2.07. The highest BCUT2D eigenvalue weighted by molar-refractivity contribution is 7.89. The Morgan fingerprint density at radius 3 is 2.56 bits per heavy atom. The summed E-state index contributed by atoms with van der Waals surface area (Å²) in [6.45, 7) is 1.80. The summed E-state index contributed by atoms with van der Waals surface area (Å²) in [5.41, 5.74) is 0. The van der Waals surface area contributed by atoms with Crippen LogP contribution in [0.4, 0.5) is 4.39 Å². The third-order valence-corrected chi connectivity index (χ3v) is 4.03. The van der Waals surface area contributed by atoms with E-state index >= 15 is 0 Å². The molecule has 0 aliphatic carbocycles. The van der Waals surface area contributed by atoms with Gasteiger partial charge >= 0.3 is 0 Å². The summed E-state index contributed by atoms with van der Waals surface area (Å²) in [7, 11) is -3.83. The summed E-state index contributed by atoms with van der Waals surface area (Å²) in [4.78, 5) is -0.341. The van der Waals surface area contributed by atoms with Crippen molar-refractivity contribution in [3.63, 3.8) is 0 Å². The van der Waals surface area contributed by atoms with Gasteiger partial charge in [0.15, 0.2) is 0 Å². The lowest BCUT2D eigenvalue weighted by Gasteiger charge is -2.17. The van der Waals surface area contributed by atoms with Crippen LogP contribution >= 0.6 is 0 Å². The SMILES string of the molecule is C#CCN(CC)S(=O)(=O)c1ccccc1F. The van der Waals surface area contributed by atoms with E-state index < -0.39 is 15.8 Å². The number of hydrogen-bond acceptors (Lipinski definition) is 2. The van der Waals surface area contributed by atoms with Crippen molar-refractivity contribution in [3.8, 4) is 12.3 Å². The molecule has 0 unspecified atom stereocenters. The van der Waals surface area contributed by atoms with Crippen LogP contribution in [-0.4, -0.2) is 25.8 Å². The van der Waals surface area contributed by atoms with Gasteiger partial charge in [0.25, 0.3) is 0 Å². The highest BCUT2D eigenvalue weighted by Crippen LogP contribution is 2.18. The maximum absolute atomic E-state index is 13.4. The van der Waals surface area contributed by atoms with Gasteiger partial charge in [0.1, 0.15) is 10.7 Å². The molecule has 0 atom stereocenters. The van der Waals surface area contributed by atoms with Crippen LogP contribution in [0.2, 0.25) is 0 Å². The van der Waals surface area contributed by atoms with E-state index in [9.17, 15) is 12.8 Å². The van der Waals surface area contributed by atoms with E-state index in [0.29, 0.717) is 0 Å². The first kappa shape index (κ1) is 12.7. The summed E-state index contributed by atoms with van der Waals surface area (Å²) in [6, 6.07) is 5.24. The average molecular weight is 241 g/mol. The number of sulfonamides is 1. The number of nitrogens with zero attached hydrogens (tertiary/aromatic N) is 1. The topological polar surface area (TPSA) is 37.4 Å². The van der Waals surface area contributed by atoms with Gasteiger partial charge < -0.3 is 0 Å². The predicted molar refractivity (Wildman–Crippen MR) is 59.7 cm³/mol. The molecule has 5 heteroatoms. The van der Waals surface area contributed by atoms with Gasteiger partial charge in [-0.2, -0.15) is 4.31 Å². The van der Waals surface area contributed by atoms with E-state index in [-0.39, 0.29) is 18.0 Å². The van der Waals surface area contributed by atoms with Crippen LogP contribution in [0.25, 0.3) is 0 Å². The molecule has 1 aromatic carbocycles. The summed E-state index contributed by atoms with van der Waals surface area (Å²) in [5.74, 6) is 1.47. The van der Waals surface area contributed by atoms with Crippen LogP contribution in [0.5, 0.6) is 0 Å². The monoisotopic (exact) mass is 241 g/mol. The molecule has 0 fully saturated rings. The second-order valence-corrected chi connectivity index (χ2v) is 4.97. The van der Waals surface area contributed by atoms with E-state index in [2.05, 4.69) is 5.92 Å². The van der Waals surface area contributed by atoms with Crippen LogP contribution in [0, 0.1) is 18.2 Å². The lowest BCUT2D eigenvalue weighted by Crippen LogP contribution is -2.31. The van der Waals surface area contributed by atoms with E-state index in [1.165, 1.54) is 18.2 Å². The summed E-state index contributed by atoms with van der Waals surface area (Å²) < 4.78 is 38.3. The first-order valence-electron chi connectivity index (χ1n) is 4.72. The highest BCUT2D eigenvalue weighted by atomic mass is 32.2. The molecule has 0 aliphatic rings. The lowest BCUT2D eigenvalue weighted by molar-refractivity contribution is 0.457. The molecule has 0 radical (unpaired) electrons. The average Bonchev–Trinajstić information content (AvgIpc) is 2.26. The Hall–Kier alpha value is -1.38. The molecular weight excluding hydrogens is 229 g/mol. The molecule has 0 saturated heterocycles. The fourth-order valence-electron chi connectivity index (χ4n) is 1.26. The maximum Gasteiger partial charge on any atom is 0.246 e. The fourth-order valence-corrected chi connectivity index (χ4v) is 2.69. The summed E-state index contributed by atoms with van der Waals surface area (Å²) in [6.07, 6.45) is 5.07. The Morgan fingerprint density at radius 1 is 1.44 bits per heavy atom. The van der Waals surface area contributed by atoms with Crippen LogP contribution in [0.3, 0.4) is 0 Å². The molecular formula is C11H12FNO2S. The minimum Gasteiger partial charge on any atom is -0.207 e. The fraction of sp³-hybridized carbons (Fsp3) is 0.273. The van der Waals surface area contributed by atoms with Gasteiger partial charge in [0.05, 0.1) is 6.54 Å². The van der Waals surface area contributed by atoms with Crippen molar-refractivity contribution in [2.75, 3.05) is 13.1 Å². The zero-order chi connectivity index (χ0) is 12.2. The smallest absolute Gasteiger partial charge is 0.207 e. The van der Waals surface area contributed by atoms with E-state index in [0.717, 1.165) is 10.4 Å². The van der Waals surface area contributed by atoms with Gasteiger partial charge in [0.2, 0.25) is 10.0 Å². The molecule has 1 rings (SSSR count). The van der Waals surface area contributed by atoms with Crippen molar-refractivity contribution in [2.45, 2.75) is 11.8 Å². The number of hydrogen-bond donors (Lipinski definition) is 0. The Labute approximate surface area is 94.9 Å². The van der Waals surface area contributed by atoms with Crippen LogP contribution in [0.1, 0.15) is 6.92 Å². The van der Waals surface area contributed by atoms with E-state index in [4.69, 9.17) is 6.42 Å². The molecule has 16 heavy (non-hydrogen) atoms. The normalized spacial score (nSPS) is 11.4. The Bertz CT molecular complexity index is 505. The Kier molecular flexibility index (Phi) is 4.05. The first-order chi connectivity index (χ1) is 7.54. The van der Waals surface area contributed by atoms with Gasteiger partial charge in [-0.25, -0.2) is 12.8 Å². The number of halogens is 1. The standard InChI is InChI=1S/C11H12FNO2S/c1-3-9-13(4-2)16(14,15)11-8-6-5-7-10(11)12/h1,5-8H,4,9H2,2H3. The van der Waals surface area contributed by atoms with Crippen LogP contribution in [-0.2, 0) is 10.0 Å². The van der Waals surface area contributed by atoms with E-state index in [1.54, 1.807) is 6.92 Å². The number of rotatable bonds is 4. The minimum absolute atomic E-state index is 0.0623. The molecule has 0 bridgehead atoms. The molecule has 0 aromatic heterocycles. The zero-order valence-electron chi connectivity index (χ0n) is 8.85. The van der Waals surface area contributed by atoms with Gasteiger partial charge in [-0.3, -0.25) is 0 Å². The zero-order valence-corrected chi connectivity index (χ0v) is 9.67. The van der Waals surface area contributed by atoms with Gasteiger partial charge in [-0.1, -0.05) is 25.0 Å². The highest BCUT2D eigenvalue weighted by Gasteiger charge is 2.24. The summed E-state index contributed by atoms with van der Waals surface area (Å²) in [5, 5.41) is 0. The van der Waals surface area contributed by atoms with Crippen molar-refractivity contribution in [1.82, 2.24) is 4.31 Å². The van der Waals surface area contributed by atoms with Crippen LogP contribution in [0.15, 0.2) is 29.2 Å². The first-order valence-corrected chi connectivity index (χ1v) is 6.16. The van der Waals surface area contributed by atoms with Gasteiger partial charge in [-0.15, -0.1) is 6.42 Å². The van der Waals surface area contributed by atoms with Crippen molar-refractivity contribution < 1.29 is 12.8 Å². The molecule has 0 spiro atoms. The van der Waals surface area contributed by atoms with Gasteiger partial charge in [-0.05, 0) is 12.1 Å². The Balaban J connectivity index is 3.22. The van der Waals surface area contributed by atoms with Crippen molar-refractivity contribution >= 4 is 10.0 Å². The molecule has 0 aliphatic heterocycles. The third kappa shape index (κ3) is 2.40. The van der Waals surface area contributed by atoms with Crippen LogP contribution < -0.4 is 0 Å². The van der Waals surface area contributed by atoms with Gasteiger partial charge in [0, 0.05) is 6.54 Å². The molecule has 86 valence electrons. The maximum atomic E-state index is 13.4. The molecule has 0 saturated carbocycles. The molecule has 3 nitrogen and oxygen atoms in total. The second kappa shape index (κ2) is 5.10. The summed E-state index contributed by atoms with van der Waals surface area (Å²) >= 11 is 0. The van der Waals surface area contributed by atoms with Crippen molar-refractivity contribution in [2.24, 2.45) is 0 Å². The predicted octanol–water partition coefficient (Wildman–Crippen LogP) is 1.47. The van der Waals surface area contributed by atoms with Crippen molar-refractivity contribution in [1.29, 1.82) is 0 Å². The molecule has 0 amide bonds. The van der Waals surface area contributed by atoms with E-state index in [1.807, 2.05) is 0 Å². The largest absolute Gasteiger partial charge is 0.246 e. The molecule has 1 aromatic rings. The molecule has 0 heterocycles. The molecule has 0 N–H and O–H groups in total. The lowest BCUT2D eigenvalue weighted by atomic mass is 10.4. The number of benzene rings is 1.